The van der Waals surface area contributed by atoms with Gasteiger partial charge in [-0.2, -0.15) is 0 Å². The van der Waals surface area contributed by atoms with Crippen molar-refractivity contribution in [2.75, 3.05) is 12.8 Å². The molecule has 2 atom stereocenters. The van der Waals surface area contributed by atoms with Crippen LogP contribution in [0.25, 0.3) is 0 Å². The van der Waals surface area contributed by atoms with Crippen molar-refractivity contribution in [2.45, 2.75) is 37.8 Å². The molecular weight excluding hydrogens is 321 g/mol. The minimum atomic E-state index is -3.34. The molecule has 0 aliphatic heterocycles. The summed E-state index contributed by atoms with van der Waals surface area (Å²) in [6.45, 7) is 3.54. The molecule has 2 amide bonds. The molecule has 8 heteroatoms. The predicted octanol–water partition coefficient (Wildman–Crippen LogP) is 1.31. The van der Waals surface area contributed by atoms with Crippen LogP contribution in [0.15, 0.2) is 24.3 Å². The molecular formula is C15H22FN3O3S. The number of nitrogens with one attached hydrogen (secondary N) is 3. The van der Waals surface area contributed by atoms with Gasteiger partial charge in [-0.05, 0) is 38.0 Å². The van der Waals surface area contributed by atoms with Crippen LogP contribution in [0, 0.1) is 5.82 Å². The summed E-state index contributed by atoms with van der Waals surface area (Å²) >= 11 is 0. The number of halogens is 1. The van der Waals surface area contributed by atoms with Gasteiger partial charge in [0.05, 0.1) is 6.26 Å². The number of carbonyl (C=O) groups is 1. The lowest BCUT2D eigenvalue weighted by Crippen LogP contribution is -2.52. The van der Waals surface area contributed by atoms with E-state index in [0.717, 1.165) is 18.2 Å². The Bertz CT molecular complexity index is 674. The lowest BCUT2D eigenvalue weighted by atomic mass is 10.1. The normalized spacial score (nSPS) is 20.9. The highest BCUT2D eigenvalue weighted by Crippen LogP contribution is 2.40. The van der Waals surface area contributed by atoms with Crippen LogP contribution in [0.3, 0.4) is 0 Å². The number of sulfonamides is 1. The number of amides is 2. The topological polar surface area (TPSA) is 87.3 Å². The Hall–Kier alpha value is -1.67. The number of hydrogen-bond donors (Lipinski definition) is 3. The van der Waals surface area contributed by atoms with E-state index in [9.17, 15) is 17.6 Å². The van der Waals surface area contributed by atoms with Gasteiger partial charge >= 0.3 is 6.03 Å². The van der Waals surface area contributed by atoms with Crippen molar-refractivity contribution < 1.29 is 17.6 Å². The van der Waals surface area contributed by atoms with E-state index in [4.69, 9.17) is 0 Å². The Morgan fingerprint density at radius 1 is 1.30 bits per heavy atom. The molecule has 2 rings (SSSR count). The Morgan fingerprint density at radius 2 is 1.91 bits per heavy atom. The van der Waals surface area contributed by atoms with E-state index in [2.05, 4.69) is 15.4 Å². The summed E-state index contributed by atoms with van der Waals surface area (Å²) in [5.74, 6) is -0.0826. The largest absolute Gasteiger partial charge is 0.336 e. The average Bonchev–Trinajstić information content (AvgIpc) is 3.14. The molecule has 128 valence electrons. The van der Waals surface area contributed by atoms with Crippen LogP contribution < -0.4 is 15.4 Å². The molecule has 0 unspecified atom stereocenters. The zero-order chi connectivity index (χ0) is 17.3. The molecule has 1 aromatic carbocycles. The van der Waals surface area contributed by atoms with Crippen molar-refractivity contribution in [3.05, 3.63) is 35.6 Å². The van der Waals surface area contributed by atoms with Gasteiger partial charge in [-0.25, -0.2) is 22.3 Å². The fourth-order valence-electron chi connectivity index (χ4n) is 2.49. The van der Waals surface area contributed by atoms with Gasteiger partial charge in [0.2, 0.25) is 10.0 Å². The van der Waals surface area contributed by atoms with E-state index in [-0.39, 0.29) is 30.4 Å². The Labute approximate surface area is 135 Å². The summed E-state index contributed by atoms with van der Waals surface area (Å²) in [5, 5.41) is 5.49. The van der Waals surface area contributed by atoms with E-state index in [1.54, 1.807) is 26.0 Å². The maximum Gasteiger partial charge on any atom is 0.315 e. The molecule has 1 aromatic rings. The first-order valence-electron chi connectivity index (χ1n) is 7.34. The highest BCUT2D eigenvalue weighted by atomic mass is 32.2. The third kappa shape index (κ3) is 5.80. The fourth-order valence-corrected chi connectivity index (χ4v) is 3.57. The van der Waals surface area contributed by atoms with Gasteiger partial charge in [0.25, 0.3) is 0 Å². The van der Waals surface area contributed by atoms with Gasteiger partial charge in [-0.15, -0.1) is 0 Å². The van der Waals surface area contributed by atoms with Crippen LogP contribution in [0.4, 0.5) is 9.18 Å². The number of hydrogen-bond acceptors (Lipinski definition) is 3. The highest BCUT2D eigenvalue weighted by Gasteiger charge is 2.39. The van der Waals surface area contributed by atoms with Crippen molar-refractivity contribution in [3.8, 4) is 0 Å². The third-order valence-corrected chi connectivity index (χ3v) is 4.48. The van der Waals surface area contributed by atoms with Gasteiger partial charge in [0.15, 0.2) is 0 Å². The summed E-state index contributed by atoms with van der Waals surface area (Å²) in [6, 6.07) is 5.93. The summed E-state index contributed by atoms with van der Waals surface area (Å²) in [7, 11) is -3.34. The summed E-state index contributed by atoms with van der Waals surface area (Å²) in [4.78, 5) is 11.9. The minimum Gasteiger partial charge on any atom is -0.336 e. The van der Waals surface area contributed by atoms with E-state index in [0.29, 0.717) is 0 Å². The molecule has 1 saturated carbocycles. The molecule has 0 spiro atoms. The van der Waals surface area contributed by atoms with Gasteiger partial charge in [0, 0.05) is 24.0 Å². The highest BCUT2D eigenvalue weighted by molar-refractivity contribution is 7.88. The summed E-state index contributed by atoms with van der Waals surface area (Å²) in [6.07, 6.45) is 1.89. The Morgan fingerprint density at radius 3 is 2.48 bits per heavy atom. The SMILES string of the molecule is CC(C)(CNC(=O)N[C@H]1C[C@H]1c1ccc(F)cc1)NS(C)(=O)=O. The molecule has 0 bridgehead atoms. The first-order chi connectivity index (χ1) is 10.6. The molecule has 1 aliphatic carbocycles. The van der Waals surface area contributed by atoms with E-state index < -0.39 is 15.6 Å². The number of carbonyl (C=O) groups excluding carboxylic acids is 1. The standard InChI is InChI=1S/C15H22FN3O3S/c1-15(2,19-23(3,21)22)9-17-14(20)18-13-8-12(13)10-4-6-11(16)7-5-10/h4-7,12-13,19H,8-9H2,1-3H3,(H2,17,18,20)/t12-,13-/m0/s1. The lowest BCUT2D eigenvalue weighted by Gasteiger charge is -2.25. The second-order valence-corrected chi connectivity index (χ2v) is 8.33. The minimum absolute atomic E-state index is 0.0199. The van der Waals surface area contributed by atoms with Gasteiger partial charge in [0.1, 0.15) is 5.82 Å². The number of rotatable bonds is 6. The molecule has 0 radical (unpaired) electrons. The zero-order valence-corrected chi connectivity index (χ0v) is 14.2. The maximum absolute atomic E-state index is 12.9. The second kappa shape index (κ2) is 6.45. The maximum atomic E-state index is 12.9. The molecule has 0 saturated heterocycles. The first kappa shape index (κ1) is 17.7. The first-order valence-corrected chi connectivity index (χ1v) is 9.24. The van der Waals surface area contributed by atoms with Crippen LogP contribution in [-0.2, 0) is 10.0 Å². The predicted molar refractivity (Wildman–Crippen MR) is 86.1 cm³/mol. The second-order valence-electron chi connectivity index (χ2n) is 6.59. The van der Waals surface area contributed by atoms with Crippen LogP contribution in [-0.4, -0.2) is 38.8 Å². The zero-order valence-electron chi connectivity index (χ0n) is 13.4. The summed E-state index contributed by atoms with van der Waals surface area (Å²) in [5.41, 5.74) is 0.223. The van der Waals surface area contributed by atoms with Crippen molar-refractivity contribution in [2.24, 2.45) is 0 Å². The van der Waals surface area contributed by atoms with Crippen molar-refractivity contribution in [3.63, 3.8) is 0 Å². The quantitative estimate of drug-likeness (QED) is 0.728. The van der Waals surface area contributed by atoms with Crippen molar-refractivity contribution in [1.82, 2.24) is 15.4 Å². The van der Waals surface area contributed by atoms with Gasteiger partial charge in [-0.1, -0.05) is 12.1 Å². The lowest BCUT2D eigenvalue weighted by molar-refractivity contribution is 0.237. The monoisotopic (exact) mass is 343 g/mol. The summed E-state index contributed by atoms with van der Waals surface area (Å²) < 4.78 is 37.8. The molecule has 0 aromatic heterocycles. The van der Waals surface area contributed by atoms with Gasteiger partial charge in [-0.3, -0.25) is 0 Å². The van der Waals surface area contributed by atoms with E-state index in [1.165, 1.54) is 12.1 Å². The van der Waals surface area contributed by atoms with E-state index >= 15 is 0 Å². The van der Waals surface area contributed by atoms with Crippen LogP contribution in [0.5, 0.6) is 0 Å². The molecule has 0 heterocycles. The molecule has 6 nitrogen and oxygen atoms in total. The van der Waals surface area contributed by atoms with Crippen molar-refractivity contribution in [1.29, 1.82) is 0 Å². The van der Waals surface area contributed by atoms with Crippen LogP contribution in [0.1, 0.15) is 31.7 Å². The van der Waals surface area contributed by atoms with Crippen LogP contribution >= 0.6 is 0 Å². The van der Waals surface area contributed by atoms with Gasteiger partial charge < -0.3 is 10.6 Å². The van der Waals surface area contributed by atoms with Crippen molar-refractivity contribution >= 4 is 16.1 Å². The fraction of sp³-hybridized carbons (Fsp3) is 0.533. The molecule has 23 heavy (non-hydrogen) atoms. The van der Waals surface area contributed by atoms with E-state index in [1.807, 2.05) is 0 Å². The van der Waals surface area contributed by atoms with Crippen LogP contribution in [0.2, 0.25) is 0 Å². The third-order valence-electron chi connectivity index (χ3n) is 3.56. The molecule has 3 N–H and O–H groups in total. The average molecular weight is 343 g/mol. The molecule has 1 fully saturated rings. The smallest absolute Gasteiger partial charge is 0.315 e. The Kier molecular flexibility index (Phi) is 4.95. The Balaban J connectivity index is 1.77. The molecule has 1 aliphatic rings. The number of benzene rings is 1. The number of urea groups is 1.